The Bertz CT molecular complexity index is 963. The van der Waals surface area contributed by atoms with Crippen LogP contribution in [0.5, 0.6) is 5.75 Å². The van der Waals surface area contributed by atoms with Gasteiger partial charge in [0.15, 0.2) is 5.11 Å². The first-order valence-electron chi connectivity index (χ1n) is 8.32. The molecule has 0 unspecified atom stereocenters. The van der Waals surface area contributed by atoms with E-state index < -0.39 is 10.0 Å². The molecule has 0 radical (unpaired) electrons. The molecular formula is C18H20BrN3O4S2. The smallest absolute Gasteiger partial charge is 0.257 e. The number of methoxy groups -OCH3 is 1. The molecule has 28 heavy (non-hydrogen) atoms. The van der Waals surface area contributed by atoms with Crippen molar-refractivity contribution in [3.63, 3.8) is 0 Å². The number of ether oxygens (including phenoxy) is 1. The van der Waals surface area contributed by atoms with Crippen LogP contribution >= 0.6 is 28.1 Å². The lowest BCUT2D eigenvalue weighted by atomic mass is 10.2. The summed E-state index contributed by atoms with van der Waals surface area (Å²) < 4.78 is 32.4. The van der Waals surface area contributed by atoms with Crippen molar-refractivity contribution in [2.45, 2.75) is 18.2 Å². The Labute approximate surface area is 178 Å². The zero-order valence-corrected chi connectivity index (χ0v) is 18.5. The van der Waals surface area contributed by atoms with E-state index in [9.17, 15) is 13.2 Å². The zero-order chi connectivity index (χ0) is 20.7. The SMILES string of the molecule is CCCNS(=O)(=O)c1ccc(NC(=S)NC(=O)c2ccc(OC)c(Br)c2)cc1. The lowest BCUT2D eigenvalue weighted by Crippen LogP contribution is -2.34. The normalized spacial score (nSPS) is 11.0. The Hall–Kier alpha value is -2.01. The number of nitrogens with one attached hydrogen (secondary N) is 3. The van der Waals surface area contributed by atoms with Crippen molar-refractivity contribution in [1.82, 2.24) is 10.0 Å². The summed E-state index contributed by atoms with van der Waals surface area (Å²) in [6.45, 7) is 2.26. The lowest BCUT2D eigenvalue weighted by Gasteiger charge is -2.11. The topological polar surface area (TPSA) is 96.5 Å². The highest BCUT2D eigenvalue weighted by Crippen LogP contribution is 2.25. The van der Waals surface area contributed by atoms with Gasteiger partial charge in [0.1, 0.15) is 5.75 Å². The molecule has 2 aromatic carbocycles. The highest BCUT2D eigenvalue weighted by molar-refractivity contribution is 9.10. The molecule has 2 aromatic rings. The van der Waals surface area contributed by atoms with E-state index in [-0.39, 0.29) is 15.9 Å². The van der Waals surface area contributed by atoms with E-state index in [4.69, 9.17) is 17.0 Å². The zero-order valence-electron chi connectivity index (χ0n) is 15.3. The van der Waals surface area contributed by atoms with Gasteiger partial charge in [-0.05, 0) is 77.0 Å². The summed E-state index contributed by atoms with van der Waals surface area (Å²) in [5.41, 5.74) is 0.955. The van der Waals surface area contributed by atoms with Gasteiger partial charge in [-0.3, -0.25) is 10.1 Å². The van der Waals surface area contributed by atoms with Gasteiger partial charge in [0.05, 0.1) is 16.5 Å². The third-order valence-electron chi connectivity index (χ3n) is 3.61. The summed E-state index contributed by atoms with van der Waals surface area (Å²) in [4.78, 5) is 12.5. The fourth-order valence-electron chi connectivity index (χ4n) is 2.18. The minimum absolute atomic E-state index is 0.0941. The molecule has 1 amide bonds. The average molecular weight is 486 g/mol. The predicted octanol–water partition coefficient (Wildman–Crippen LogP) is 3.27. The van der Waals surface area contributed by atoms with Gasteiger partial charge < -0.3 is 10.1 Å². The number of carbonyl (C=O) groups excluding carboxylic acids is 1. The maximum Gasteiger partial charge on any atom is 0.257 e. The van der Waals surface area contributed by atoms with Crippen molar-refractivity contribution < 1.29 is 17.9 Å². The van der Waals surface area contributed by atoms with Crippen molar-refractivity contribution in [3.8, 4) is 5.75 Å². The molecule has 0 heterocycles. The molecule has 7 nitrogen and oxygen atoms in total. The molecule has 2 rings (SSSR count). The monoisotopic (exact) mass is 485 g/mol. The first-order chi connectivity index (χ1) is 13.3. The summed E-state index contributed by atoms with van der Waals surface area (Å²) in [5, 5.41) is 5.51. The lowest BCUT2D eigenvalue weighted by molar-refractivity contribution is 0.0977. The van der Waals surface area contributed by atoms with Crippen LogP contribution in [-0.2, 0) is 10.0 Å². The van der Waals surface area contributed by atoms with E-state index in [1.54, 1.807) is 30.3 Å². The van der Waals surface area contributed by atoms with Crippen LogP contribution in [0, 0.1) is 0 Å². The van der Waals surface area contributed by atoms with Crippen LogP contribution in [0.4, 0.5) is 5.69 Å². The van der Waals surface area contributed by atoms with E-state index in [2.05, 4.69) is 31.3 Å². The third-order valence-corrected chi connectivity index (χ3v) is 5.91. The van der Waals surface area contributed by atoms with E-state index in [1.165, 1.54) is 19.2 Å². The second-order valence-corrected chi connectivity index (χ2v) is 8.71. The molecule has 0 aliphatic carbocycles. The Morgan fingerprint density at radius 1 is 1.18 bits per heavy atom. The van der Waals surface area contributed by atoms with Gasteiger partial charge in [0, 0.05) is 17.8 Å². The minimum Gasteiger partial charge on any atom is -0.496 e. The Morgan fingerprint density at radius 3 is 2.43 bits per heavy atom. The number of amides is 1. The maximum atomic E-state index is 12.3. The number of benzene rings is 2. The molecule has 0 atom stereocenters. The number of anilines is 1. The average Bonchev–Trinajstić information content (AvgIpc) is 2.66. The van der Waals surface area contributed by atoms with Gasteiger partial charge in [0.25, 0.3) is 5.91 Å². The molecular weight excluding hydrogens is 466 g/mol. The summed E-state index contributed by atoms with van der Waals surface area (Å²) >= 11 is 8.47. The summed E-state index contributed by atoms with van der Waals surface area (Å²) in [6.07, 6.45) is 0.706. The summed E-state index contributed by atoms with van der Waals surface area (Å²) in [6, 6.07) is 11.0. The number of rotatable bonds is 7. The minimum atomic E-state index is -3.53. The van der Waals surface area contributed by atoms with E-state index in [0.717, 1.165) is 0 Å². The second-order valence-electron chi connectivity index (χ2n) is 5.68. The van der Waals surface area contributed by atoms with Gasteiger partial charge in [-0.2, -0.15) is 0 Å². The van der Waals surface area contributed by atoms with Gasteiger partial charge in [-0.25, -0.2) is 13.1 Å². The Kier molecular flexibility index (Phi) is 7.93. The van der Waals surface area contributed by atoms with Crippen molar-refractivity contribution >= 4 is 54.9 Å². The largest absolute Gasteiger partial charge is 0.496 e. The van der Waals surface area contributed by atoms with Crippen LogP contribution in [0.3, 0.4) is 0 Å². The first-order valence-corrected chi connectivity index (χ1v) is 11.0. The van der Waals surface area contributed by atoms with E-state index in [0.29, 0.717) is 34.4 Å². The molecule has 0 aliphatic rings. The van der Waals surface area contributed by atoms with E-state index >= 15 is 0 Å². The highest BCUT2D eigenvalue weighted by atomic mass is 79.9. The van der Waals surface area contributed by atoms with Gasteiger partial charge in [-0.1, -0.05) is 6.92 Å². The Balaban J connectivity index is 1.99. The van der Waals surface area contributed by atoms with Crippen molar-refractivity contribution in [2.24, 2.45) is 0 Å². The number of thiocarbonyl (C=S) groups is 1. The highest BCUT2D eigenvalue weighted by Gasteiger charge is 2.13. The van der Waals surface area contributed by atoms with Gasteiger partial charge in [0.2, 0.25) is 10.0 Å². The quantitative estimate of drug-likeness (QED) is 0.520. The number of sulfonamides is 1. The van der Waals surface area contributed by atoms with Crippen LogP contribution in [0.2, 0.25) is 0 Å². The molecule has 0 saturated carbocycles. The summed E-state index contributed by atoms with van der Waals surface area (Å²) in [5.74, 6) is 0.226. The molecule has 0 bridgehead atoms. The molecule has 0 saturated heterocycles. The third kappa shape index (κ3) is 5.99. The molecule has 10 heteroatoms. The van der Waals surface area contributed by atoms with Crippen LogP contribution in [-0.4, -0.2) is 33.1 Å². The first kappa shape index (κ1) is 22.3. The predicted molar refractivity (Wildman–Crippen MR) is 116 cm³/mol. The molecule has 3 N–H and O–H groups in total. The molecule has 0 aliphatic heterocycles. The van der Waals surface area contributed by atoms with Crippen LogP contribution in [0.25, 0.3) is 0 Å². The molecule has 150 valence electrons. The summed E-state index contributed by atoms with van der Waals surface area (Å²) in [7, 11) is -1.99. The van der Waals surface area contributed by atoms with Crippen molar-refractivity contribution in [2.75, 3.05) is 19.0 Å². The van der Waals surface area contributed by atoms with Gasteiger partial charge in [-0.15, -0.1) is 0 Å². The van der Waals surface area contributed by atoms with Crippen LogP contribution in [0.1, 0.15) is 23.7 Å². The number of halogens is 1. The number of hydrogen-bond donors (Lipinski definition) is 3. The van der Waals surface area contributed by atoms with E-state index in [1.807, 2.05) is 6.92 Å². The molecule has 0 aromatic heterocycles. The molecule has 0 fully saturated rings. The van der Waals surface area contributed by atoms with Crippen LogP contribution in [0.15, 0.2) is 51.8 Å². The standard InChI is InChI=1S/C18H20BrN3O4S2/c1-3-10-20-28(24,25)14-7-5-13(6-8-14)21-18(27)22-17(23)12-4-9-16(26-2)15(19)11-12/h4-9,11,20H,3,10H2,1-2H3,(H2,21,22,23,27). The number of carbonyl (C=O) groups is 1. The van der Waals surface area contributed by atoms with Crippen molar-refractivity contribution in [1.29, 1.82) is 0 Å². The fraction of sp³-hybridized carbons (Fsp3) is 0.222. The van der Waals surface area contributed by atoms with Gasteiger partial charge >= 0.3 is 0 Å². The van der Waals surface area contributed by atoms with Crippen LogP contribution < -0.4 is 20.1 Å². The second kappa shape index (κ2) is 9.97. The molecule has 0 spiro atoms. The number of hydrogen-bond acceptors (Lipinski definition) is 5. The fourth-order valence-corrected chi connectivity index (χ4v) is 4.07. The Morgan fingerprint density at radius 2 is 1.86 bits per heavy atom. The maximum absolute atomic E-state index is 12.3. The van der Waals surface area contributed by atoms with Crippen molar-refractivity contribution in [3.05, 3.63) is 52.5 Å².